The Hall–Kier alpha value is -0.860. The summed E-state index contributed by atoms with van der Waals surface area (Å²) in [5.41, 5.74) is 13.1. The van der Waals surface area contributed by atoms with Crippen LogP contribution in [-0.2, 0) is 0 Å². The highest BCUT2D eigenvalue weighted by atomic mass is 14.6. The van der Waals surface area contributed by atoms with Gasteiger partial charge < -0.3 is 11.5 Å². The molecule has 0 saturated heterocycles. The molecule has 0 fully saturated rings. The predicted octanol–water partition coefficient (Wildman–Crippen LogP) is 3.42. The van der Waals surface area contributed by atoms with Crippen LogP contribution in [0.2, 0.25) is 0 Å². The molecule has 0 aliphatic rings. The van der Waals surface area contributed by atoms with Crippen LogP contribution >= 0.6 is 0 Å². The van der Waals surface area contributed by atoms with Crippen LogP contribution in [0.3, 0.4) is 0 Å². The van der Waals surface area contributed by atoms with Crippen molar-refractivity contribution in [1.82, 2.24) is 0 Å². The number of hydrogen-bond acceptors (Lipinski definition) is 2. The molecule has 0 amide bonds. The maximum atomic E-state index is 6.27. The van der Waals surface area contributed by atoms with Crippen LogP contribution in [-0.4, -0.2) is 12.6 Å². The van der Waals surface area contributed by atoms with Gasteiger partial charge in [-0.05, 0) is 30.9 Å². The molecule has 102 valence electrons. The zero-order valence-corrected chi connectivity index (χ0v) is 11.6. The van der Waals surface area contributed by atoms with Crippen LogP contribution in [0.5, 0.6) is 0 Å². The van der Waals surface area contributed by atoms with Crippen molar-refractivity contribution in [2.24, 2.45) is 11.5 Å². The van der Waals surface area contributed by atoms with E-state index in [1.54, 1.807) is 0 Å². The fourth-order valence-electron chi connectivity index (χ4n) is 2.31. The van der Waals surface area contributed by atoms with Gasteiger partial charge in [-0.2, -0.15) is 0 Å². The monoisotopic (exact) mass is 248 g/mol. The summed E-state index contributed by atoms with van der Waals surface area (Å²) in [6.45, 7) is 3.05. The first-order chi connectivity index (χ1) is 8.75. The highest BCUT2D eigenvalue weighted by molar-refractivity contribution is 5.20. The quantitative estimate of drug-likeness (QED) is 0.658. The molecule has 4 N–H and O–H groups in total. The Labute approximate surface area is 112 Å². The van der Waals surface area contributed by atoms with Crippen molar-refractivity contribution in [3.05, 3.63) is 35.9 Å². The lowest BCUT2D eigenvalue weighted by atomic mass is 9.90. The molecular formula is C16H28N2. The molecule has 0 bridgehead atoms. The molecule has 1 aromatic rings. The number of hydrogen-bond donors (Lipinski definition) is 2. The van der Waals surface area contributed by atoms with Crippen LogP contribution in [0.1, 0.15) is 56.9 Å². The lowest BCUT2D eigenvalue weighted by Crippen LogP contribution is -2.26. The average molecular weight is 248 g/mol. The molecule has 0 radical (unpaired) electrons. The number of rotatable bonds is 9. The van der Waals surface area contributed by atoms with Gasteiger partial charge >= 0.3 is 0 Å². The Morgan fingerprint density at radius 3 is 2.22 bits per heavy atom. The minimum atomic E-state index is 0.280. The van der Waals surface area contributed by atoms with E-state index in [0.29, 0.717) is 5.92 Å². The van der Waals surface area contributed by atoms with Crippen molar-refractivity contribution in [1.29, 1.82) is 0 Å². The summed E-state index contributed by atoms with van der Waals surface area (Å²) >= 11 is 0. The Balaban J connectivity index is 2.18. The second kappa shape index (κ2) is 9.12. The third-order valence-electron chi connectivity index (χ3n) is 3.71. The maximum Gasteiger partial charge on any atom is 0.0105 e. The third kappa shape index (κ3) is 5.65. The lowest BCUT2D eigenvalue weighted by Gasteiger charge is -2.20. The molecule has 2 heteroatoms. The van der Waals surface area contributed by atoms with Gasteiger partial charge in [-0.1, -0.05) is 62.9 Å². The van der Waals surface area contributed by atoms with E-state index < -0.39 is 0 Å². The Bertz CT molecular complexity index is 297. The van der Waals surface area contributed by atoms with Gasteiger partial charge in [-0.25, -0.2) is 0 Å². The molecule has 0 aliphatic carbocycles. The SMILES string of the molecule is CC(c1ccccc1)[C@@H](N)CCCCCCCN. The first-order valence-electron chi connectivity index (χ1n) is 7.26. The smallest absolute Gasteiger partial charge is 0.0105 e. The van der Waals surface area contributed by atoms with E-state index in [1.165, 1.54) is 31.2 Å². The molecule has 1 unspecified atom stereocenters. The van der Waals surface area contributed by atoms with Gasteiger partial charge in [0.25, 0.3) is 0 Å². The Morgan fingerprint density at radius 2 is 1.56 bits per heavy atom. The fraction of sp³-hybridized carbons (Fsp3) is 0.625. The molecule has 0 heterocycles. The molecule has 0 aromatic heterocycles. The van der Waals surface area contributed by atoms with Crippen molar-refractivity contribution in [2.75, 3.05) is 6.54 Å². The fourth-order valence-corrected chi connectivity index (χ4v) is 2.31. The zero-order chi connectivity index (χ0) is 13.2. The van der Waals surface area contributed by atoms with E-state index in [1.807, 2.05) is 0 Å². The summed E-state index contributed by atoms with van der Waals surface area (Å²) < 4.78 is 0. The maximum absolute atomic E-state index is 6.27. The van der Waals surface area contributed by atoms with Gasteiger partial charge in [0.05, 0.1) is 0 Å². The lowest BCUT2D eigenvalue weighted by molar-refractivity contribution is 0.488. The molecule has 0 saturated carbocycles. The molecule has 18 heavy (non-hydrogen) atoms. The number of unbranched alkanes of at least 4 members (excludes halogenated alkanes) is 4. The Morgan fingerprint density at radius 1 is 0.944 bits per heavy atom. The molecule has 2 nitrogen and oxygen atoms in total. The molecule has 0 spiro atoms. The zero-order valence-electron chi connectivity index (χ0n) is 11.6. The average Bonchev–Trinajstić information content (AvgIpc) is 2.42. The Kier molecular flexibility index (Phi) is 7.70. The van der Waals surface area contributed by atoms with Crippen molar-refractivity contribution >= 4 is 0 Å². The predicted molar refractivity (Wildman–Crippen MR) is 79.6 cm³/mol. The minimum absolute atomic E-state index is 0.280. The summed E-state index contributed by atoms with van der Waals surface area (Å²) in [5.74, 6) is 0.454. The molecule has 1 rings (SSSR count). The van der Waals surface area contributed by atoms with E-state index >= 15 is 0 Å². The van der Waals surface area contributed by atoms with E-state index in [-0.39, 0.29) is 6.04 Å². The molecule has 2 atom stereocenters. The van der Waals surface area contributed by atoms with E-state index in [2.05, 4.69) is 37.3 Å². The molecule has 0 aliphatic heterocycles. The first-order valence-corrected chi connectivity index (χ1v) is 7.26. The van der Waals surface area contributed by atoms with E-state index in [9.17, 15) is 0 Å². The topological polar surface area (TPSA) is 52.0 Å². The normalized spacial score (nSPS) is 14.4. The van der Waals surface area contributed by atoms with Crippen LogP contribution in [0, 0.1) is 0 Å². The van der Waals surface area contributed by atoms with Gasteiger partial charge in [-0.15, -0.1) is 0 Å². The molecule has 1 aromatic carbocycles. The van der Waals surface area contributed by atoms with Gasteiger partial charge in [-0.3, -0.25) is 0 Å². The van der Waals surface area contributed by atoms with Crippen molar-refractivity contribution in [3.63, 3.8) is 0 Å². The summed E-state index contributed by atoms with van der Waals surface area (Å²) in [6.07, 6.45) is 7.37. The summed E-state index contributed by atoms with van der Waals surface area (Å²) in [4.78, 5) is 0. The van der Waals surface area contributed by atoms with E-state index in [4.69, 9.17) is 11.5 Å². The standard InChI is InChI=1S/C16H28N2/c1-14(15-10-6-5-7-11-15)16(18)12-8-3-2-4-9-13-17/h5-7,10-11,14,16H,2-4,8-9,12-13,17-18H2,1H3/t14?,16-/m0/s1. The van der Waals surface area contributed by atoms with Crippen LogP contribution in [0.15, 0.2) is 30.3 Å². The first kappa shape index (κ1) is 15.2. The third-order valence-corrected chi connectivity index (χ3v) is 3.71. The molecular weight excluding hydrogens is 220 g/mol. The highest BCUT2D eigenvalue weighted by Crippen LogP contribution is 2.21. The number of nitrogens with two attached hydrogens (primary N) is 2. The minimum Gasteiger partial charge on any atom is -0.330 e. The second-order valence-corrected chi connectivity index (χ2v) is 5.21. The van der Waals surface area contributed by atoms with Gasteiger partial charge in [0.1, 0.15) is 0 Å². The van der Waals surface area contributed by atoms with Gasteiger partial charge in [0, 0.05) is 6.04 Å². The summed E-state index contributed by atoms with van der Waals surface area (Å²) in [5, 5.41) is 0. The van der Waals surface area contributed by atoms with Gasteiger partial charge in [0.15, 0.2) is 0 Å². The second-order valence-electron chi connectivity index (χ2n) is 5.21. The van der Waals surface area contributed by atoms with Crippen molar-refractivity contribution < 1.29 is 0 Å². The van der Waals surface area contributed by atoms with Gasteiger partial charge in [0.2, 0.25) is 0 Å². The summed E-state index contributed by atoms with van der Waals surface area (Å²) in [6, 6.07) is 10.9. The van der Waals surface area contributed by atoms with E-state index in [0.717, 1.165) is 19.4 Å². The highest BCUT2D eigenvalue weighted by Gasteiger charge is 2.13. The largest absolute Gasteiger partial charge is 0.330 e. The van der Waals surface area contributed by atoms with Crippen LogP contribution < -0.4 is 11.5 Å². The van der Waals surface area contributed by atoms with Crippen molar-refractivity contribution in [3.8, 4) is 0 Å². The van der Waals surface area contributed by atoms with Crippen molar-refractivity contribution in [2.45, 2.75) is 57.4 Å². The number of benzene rings is 1. The summed E-state index contributed by atoms with van der Waals surface area (Å²) in [7, 11) is 0. The van der Waals surface area contributed by atoms with Crippen LogP contribution in [0.4, 0.5) is 0 Å². The van der Waals surface area contributed by atoms with Crippen LogP contribution in [0.25, 0.3) is 0 Å².